The first-order chi connectivity index (χ1) is 8.36. The van der Waals surface area contributed by atoms with E-state index >= 15 is 0 Å². The lowest BCUT2D eigenvalue weighted by Crippen LogP contribution is -1.90. The zero-order valence-corrected chi connectivity index (χ0v) is 10.5. The predicted octanol–water partition coefficient (Wildman–Crippen LogP) is 2.72. The van der Waals surface area contributed by atoms with Crippen LogP contribution < -0.4 is 4.74 Å². The maximum atomic E-state index is 8.79. The lowest BCUT2D eigenvalue weighted by Gasteiger charge is -2.08. The van der Waals surface area contributed by atoms with Crippen molar-refractivity contribution in [3.8, 4) is 5.75 Å². The van der Waals surface area contributed by atoms with E-state index in [4.69, 9.17) is 9.84 Å². The van der Waals surface area contributed by atoms with Crippen LogP contribution in [0.2, 0.25) is 0 Å². The number of aliphatic hydroxyl groups excluding tert-OH is 1. The number of fused-ring (bicyclic) bond motifs is 1. The molecule has 0 aliphatic rings. The Morgan fingerprint density at radius 3 is 2.94 bits per heavy atom. The monoisotopic (exact) mass is 249 g/mol. The van der Waals surface area contributed by atoms with Crippen LogP contribution in [0.3, 0.4) is 0 Å². The molecule has 0 aliphatic carbocycles. The minimum absolute atomic E-state index is 0.223. The maximum Gasteiger partial charge on any atom is 0.126 e. The van der Waals surface area contributed by atoms with Crippen LogP contribution in [-0.2, 0) is 0 Å². The van der Waals surface area contributed by atoms with E-state index in [2.05, 4.69) is 4.98 Å². The fourth-order valence-electron chi connectivity index (χ4n) is 1.68. The molecule has 0 radical (unpaired) electrons. The molecule has 4 heteroatoms. The summed E-state index contributed by atoms with van der Waals surface area (Å²) < 4.78 is 5.33. The number of hydrogen-bond donors (Lipinski definition) is 1. The Bertz CT molecular complexity index is 502. The van der Waals surface area contributed by atoms with Crippen molar-refractivity contribution >= 4 is 22.5 Å². The van der Waals surface area contributed by atoms with Gasteiger partial charge in [-0.1, -0.05) is 12.1 Å². The number of aliphatic hydroxyl groups is 1. The third-order valence-corrected chi connectivity index (χ3v) is 3.58. The minimum Gasteiger partial charge on any atom is -0.496 e. The summed E-state index contributed by atoms with van der Waals surface area (Å²) in [6.45, 7) is 0.223. The van der Waals surface area contributed by atoms with Crippen LogP contribution in [-0.4, -0.2) is 29.6 Å². The van der Waals surface area contributed by atoms with E-state index in [1.807, 2.05) is 24.3 Å². The number of benzene rings is 1. The zero-order chi connectivity index (χ0) is 12.1. The summed E-state index contributed by atoms with van der Waals surface area (Å²) in [5.41, 5.74) is 0. The van der Waals surface area contributed by atoms with Crippen molar-refractivity contribution in [3.63, 3.8) is 0 Å². The third kappa shape index (κ3) is 2.70. The summed E-state index contributed by atoms with van der Waals surface area (Å²) >= 11 is 1.67. The van der Waals surface area contributed by atoms with E-state index < -0.39 is 0 Å². The fraction of sp³-hybridized carbons (Fsp3) is 0.308. The van der Waals surface area contributed by atoms with Gasteiger partial charge in [0.1, 0.15) is 10.8 Å². The Balaban J connectivity index is 2.36. The van der Waals surface area contributed by atoms with Gasteiger partial charge in [0.05, 0.1) is 7.11 Å². The first kappa shape index (κ1) is 12.2. The summed E-state index contributed by atoms with van der Waals surface area (Å²) in [7, 11) is 1.67. The second-order valence-electron chi connectivity index (χ2n) is 3.60. The van der Waals surface area contributed by atoms with Crippen molar-refractivity contribution in [1.82, 2.24) is 4.98 Å². The summed E-state index contributed by atoms with van der Waals surface area (Å²) in [6.07, 6.45) is 2.58. The fourth-order valence-corrected chi connectivity index (χ4v) is 2.61. The largest absolute Gasteiger partial charge is 0.496 e. The Labute approximate surface area is 105 Å². The van der Waals surface area contributed by atoms with Crippen LogP contribution in [0.15, 0.2) is 35.5 Å². The van der Waals surface area contributed by atoms with Gasteiger partial charge in [0.15, 0.2) is 0 Å². The van der Waals surface area contributed by atoms with Crippen molar-refractivity contribution in [2.75, 3.05) is 19.5 Å². The molecule has 0 amide bonds. The Hall–Kier alpha value is -1.26. The zero-order valence-electron chi connectivity index (χ0n) is 9.72. The Morgan fingerprint density at radius 1 is 1.29 bits per heavy atom. The van der Waals surface area contributed by atoms with Crippen molar-refractivity contribution in [1.29, 1.82) is 0 Å². The number of thioether (sulfide) groups is 1. The third-order valence-electron chi connectivity index (χ3n) is 2.49. The second-order valence-corrected chi connectivity index (χ2v) is 4.68. The van der Waals surface area contributed by atoms with E-state index in [1.54, 1.807) is 25.1 Å². The minimum atomic E-state index is 0.223. The molecule has 0 spiro atoms. The summed E-state index contributed by atoms with van der Waals surface area (Å²) in [5.74, 6) is 1.74. The topological polar surface area (TPSA) is 42.4 Å². The maximum absolute atomic E-state index is 8.79. The smallest absolute Gasteiger partial charge is 0.126 e. The van der Waals surface area contributed by atoms with Gasteiger partial charge in [-0.25, -0.2) is 4.98 Å². The molecule has 90 valence electrons. The molecule has 1 heterocycles. The van der Waals surface area contributed by atoms with Crippen LogP contribution in [0.25, 0.3) is 10.8 Å². The van der Waals surface area contributed by atoms with Crippen LogP contribution in [0.5, 0.6) is 5.75 Å². The molecule has 0 unspecified atom stereocenters. The molecule has 17 heavy (non-hydrogen) atoms. The summed E-state index contributed by atoms with van der Waals surface area (Å²) in [5, 5.41) is 12.0. The number of hydrogen-bond acceptors (Lipinski definition) is 4. The molecule has 0 fully saturated rings. The van der Waals surface area contributed by atoms with Crippen LogP contribution in [0, 0.1) is 0 Å². The highest BCUT2D eigenvalue weighted by Crippen LogP contribution is 2.31. The Kier molecular flexibility index (Phi) is 4.23. The van der Waals surface area contributed by atoms with Gasteiger partial charge in [-0.2, -0.15) is 0 Å². The molecule has 0 saturated heterocycles. The second kappa shape index (κ2) is 5.89. The average Bonchev–Trinajstić information content (AvgIpc) is 2.38. The number of ether oxygens (including phenoxy) is 1. The molecule has 0 saturated carbocycles. The molecule has 1 N–H and O–H groups in total. The molecule has 0 atom stereocenters. The van der Waals surface area contributed by atoms with Gasteiger partial charge in [-0.3, -0.25) is 0 Å². The van der Waals surface area contributed by atoms with E-state index in [9.17, 15) is 0 Å². The molecule has 2 aromatic rings. The van der Waals surface area contributed by atoms with Crippen LogP contribution in [0.4, 0.5) is 0 Å². The summed E-state index contributed by atoms with van der Waals surface area (Å²) in [6, 6.07) is 7.93. The van der Waals surface area contributed by atoms with E-state index in [0.717, 1.165) is 33.7 Å². The van der Waals surface area contributed by atoms with Crippen molar-refractivity contribution in [2.24, 2.45) is 0 Å². The lowest BCUT2D eigenvalue weighted by atomic mass is 10.1. The molecule has 0 aliphatic heterocycles. The molecule has 2 rings (SSSR count). The molecule has 1 aromatic carbocycles. The van der Waals surface area contributed by atoms with Gasteiger partial charge in [0.25, 0.3) is 0 Å². The highest BCUT2D eigenvalue weighted by Gasteiger charge is 2.06. The summed E-state index contributed by atoms with van der Waals surface area (Å²) in [4.78, 5) is 4.38. The first-order valence-corrected chi connectivity index (χ1v) is 6.50. The molecular formula is C13H15NO2S. The van der Waals surface area contributed by atoms with Gasteiger partial charge < -0.3 is 9.84 Å². The van der Waals surface area contributed by atoms with Gasteiger partial charge in [-0.15, -0.1) is 11.8 Å². The van der Waals surface area contributed by atoms with Crippen LogP contribution in [0.1, 0.15) is 6.42 Å². The SMILES string of the molecule is COc1cccc2c(SCCCO)nccc12. The molecule has 0 bridgehead atoms. The van der Waals surface area contributed by atoms with E-state index in [1.165, 1.54) is 0 Å². The van der Waals surface area contributed by atoms with Crippen molar-refractivity contribution < 1.29 is 9.84 Å². The number of methoxy groups -OCH3 is 1. The molecule has 3 nitrogen and oxygen atoms in total. The van der Waals surface area contributed by atoms with E-state index in [-0.39, 0.29) is 6.61 Å². The van der Waals surface area contributed by atoms with Crippen LogP contribution >= 0.6 is 11.8 Å². The van der Waals surface area contributed by atoms with E-state index in [0.29, 0.717) is 0 Å². The lowest BCUT2D eigenvalue weighted by molar-refractivity contribution is 0.296. The number of aromatic nitrogens is 1. The number of nitrogens with zero attached hydrogens (tertiary/aromatic N) is 1. The quantitative estimate of drug-likeness (QED) is 0.653. The highest BCUT2D eigenvalue weighted by molar-refractivity contribution is 7.99. The standard InChI is InChI=1S/C13H15NO2S/c1-16-12-5-2-4-11-10(12)6-7-14-13(11)17-9-3-8-15/h2,4-7,15H,3,8-9H2,1H3. The number of rotatable bonds is 5. The average molecular weight is 249 g/mol. The first-order valence-electron chi connectivity index (χ1n) is 5.52. The van der Waals surface area contributed by atoms with Gasteiger partial charge in [0, 0.05) is 29.3 Å². The molecular weight excluding hydrogens is 234 g/mol. The Morgan fingerprint density at radius 2 is 2.18 bits per heavy atom. The predicted molar refractivity (Wildman–Crippen MR) is 70.7 cm³/mol. The van der Waals surface area contributed by atoms with Crippen molar-refractivity contribution in [2.45, 2.75) is 11.4 Å². The number of pyridine rings is 1. The van der Waals surface area contributed by atoms with Gasteiger partial charge in [-0.05, 0) is 18.6 Å². The molecule has 1 aromatic heterocycles. The van der Waals surface area contributed by atoms with Gasteiger partial charge >= 0.3 is 0 Å². The van der Waals surface area contributed by atoms with Gasteiger partial charge in [0.2, 0.25) is 0 Å². The normalized spacial score (nSPS) is 10.7. The highest BCUT2D eigenvalue weighted by atomic mass is 32.2. The van der Waals surface area contributed by atoms with Crippen molar-refractivity contribution in [3.05, 3.63) is 30.5 Å².